The quantitative estimate of drug-likeness (QED) is 0.260. The molecule has 4 rings (SSSR count). The molecule has 0 N–H and O–H groups in total. The minimum atomic E-state index is 0.519. The van der Waals surface area contributed by atoms with Crippen LogP contribution in [-0.4, -0.2) is 4.98 Å². The zero-order valence-corrected chi connectivity index (χ0v) is 16.3. The predicted octanol–water partition coefficient (Wildman–Crippen LogP) is 7.35. The van der Waals surface area contributed by atoms with Gasteiger partial charge in [-0.2, -0.15) is 5.26 Å². The Morgan fingerprint density at radius 2 is 1.68 bits per heavy atom. The maximum absolute atomic E-state index is 9.66. The highest BCUT2D eigenvalue weighted by Gasteiger charge is 2.16. The van der Waals surface area contributed by atoms with Crippen molar-refractivity contribution >= 4 is 45.0 Å². The summed E-state index contributed by atoms with van der Waals surface area (Å²) in [6.45, 7) is 0. The number of hydrogen-bond donors (Lipinski definition) is 0. The third-order valence-corrected chi connectivity index (χ3v) is 5.64. The highest BCUT2D eigenvalue weighted by molar-refractivity contribution is 7.17. The Bertz CT molecular complexity index is 1150. The van der Waals surface area contributed by atoms with Gasteiger partial charge in [0.1, 0.15) is 16.8 Å². The number of nitrogens with zero attached hydrogens (tertiary/aromatic N) is 4. The molecular weight excluding hydrogens is 384 g/mol. The van der Waals surface area contributed by atoms with E-state index in [2.05, 4.69) is 16.3 Å². The number of thiophene rings is 1. The molecule has 2 aromatic heterocycles. The van der Waals surface area contributed by atoms with E-state index in [9.17, 15) is 5.26 Å². The van der Waals surface area contributed by atoms with E-state index in [1.807, 2.05) is 84.3 Å². The van der Waals surface area contributed by atoms with Gasteiger partial charge in [-0.05, 0) is 29.7 Å². The summed E-state index contributed by atoms with van der Waals surface area (Å²) in [5.74, 6) is 0. The first kappa shape index (κ1) is 18.0. The van der Waals surface area contributed by atoms with Gasteiger partial charge in [0, 0.05) is 10.4 Å². The van der Waals surface area contributed by atoms with E-state index in [-0.39, 0.29) is 0 Å². The molecule has 0 aliphatic rings. The summed E-state index contributed by atoms with van der Waals surface area (Å²) < 4.78 is 0. The second kappa shape index (κ2) is 8.53. The molecule has 0 aliphatic heterocycles. The fraction of sp³-hybridized carbons (Fsp3) is 0. The summed E-state index contributed by atoms with van der Waals surface area (Å²) in [7, 11) is 0. The van der Waals surface area contributed by atoms with Crippen LogP contribution in [0, 0.1) is 11.3 Å². The Balaban J connectivity index is 1.78. The van der Waals surface area contributed by atoms with Crippen LogP contribution in [0.1, 0.15) is 9.88 Å². The predicted molar refractivity (Wildman–Crippen MR) is 116 cm³/mol. The molecule has 0 atom stereocenters. The van der Waals surface area contributed by atoms with Gasteiger partial charge in [0.05, 0.1) is 11.3 Å². The van der Waals surface area contributed by atoms with Crippen molar-refractivity contribution in [3.05, 3.63) is 88.1 Å². The molecule has 0 saturated carbocycles. The maximum Gasteiger partial charge on any atom is 0.167 e. The number of hydrogen-bond acceptors (Lipinski definition) is 6. The van der Waals surface area contributed by atoms with Crippen LogP contribution in [0.25, 0.3) is 22.9 Å². The van der Waals surface area contributed by atoms with Gasteiger partial charge in [-0.1, -0.05) is 65.9 Å². The molecule has 0 bridgehead atoms. The van der Waals surface area contributed by atoms with Gasteiger partial charge in [-0.25, -0.2) is 4.98 Å². The fourth-order valence-corrected chi connectivity index (χ4v) is 4.07. The van der Waals surface area contributed by atoms with Gasteiger partial charge < -0.3 is 0 Å². The molecule has 2 aromatic carbocycles. The number of allylic oxidation sites excluding steroid dienone is 1. The molecule has 0 radical (unpaired) electrons. The zero-order valence-electron chi connectivity index (χ0n) is 14.7. The van der Waals surface area contributed by atoms with Crippen LogP contribution in [0.2, 0.25) is 0 Å². The van der Waals surface area contributed by atoms with E-state index < -0.39 is 0 Å². The second-order valence-corrected chi connectivity index (χ2v) is 7.72. The Morgan fingerprint density at radius 1 is 0.929 bits per heavy atom. The van der Waals surface area contributed by atoms with Crippen LogP contribution < -0.4 is 0 Å². The summed E-state index contributed by atoms with van der Waals surface area (Å²) in [6.07, 6.45) is 1.86. The molecule has 4 aromatic rings. The average Bonchev–Trinajstić information content (AvgIpc) is 3.42. The monoisotopic (exact) mass is 398 g/mol. The molecular formula is C22H14N4S2. The van der Waals surface area contributed by atoms with Crippen molar-refractivity contribution in [3.8, 4) is 17.3 Å². The SMILES string of the molecule is N#C/C(=C/c1cccs1)c1nc(-c2ccccc2)c(N=Nc2ccccc2)s1. The third kappa shape index (κ3) is 4.12. The third-order valence-electron chi connectivity index (χ3n) is 3.85. The van der Waals surface area contributed by atoms with Crippen molar-refractivity contribution in [1.82, 2.24) is 4.98 Å². The van der Waals surface area contributed by atoms with Crippen LogP contribution in [0.4, 0.5) is 10.7 Å². The van der Waals surface area contributed by atoms with Gasteiger partial charge in [0.2, 0.25) is 0 Å². The van der Waals surface area contributed by atoms with Crippen LogP contribution in [-0.2, 0) is 0 Å². The Labute approximate surface area is 170 Å². The topological polar surface area (TPSA) is 61.4 Å². The first-order valence-corrected chi connectivity index (χ1v) is 10.2. The molecule has 0 amide bonds. The summed E-state index contributed by atoms with van der Waals surface area (Å²) >= 11 is 2.95. The molecule has 0 unspecified atom stereocenters. The minimum Gasteiger partial charge on any atom is -0.233 e. The van der Waals surface area contributed by atoms with Gasteiger partial charge in [0.15, 0.2) is 5.00 Å². The highest BCUT2D eigenvalue weighted by Crippen LogP contribution is 2.39. The lowest BCUT2D eigenvalue weighted by Gasteiger charge is -1.97. The molecule has 4 nitrogen and oxygen atoms in total. The lowest BCUT2D eigenvalue weighted by atomic mass is 10.1. The number of benzene rings is 2. The van der Waals surface area contributed by atoms with Crippen LogP contribution in [0.3, 0.4) is 0 Å². The molecule has 0 spiro atoms. The molecule has 2 heterocycles. The first-order chi connectivity index (χ1) is 13.8. The van der Waals surface area contributed by atoms with Crippen LogP contribution >= 0.6 is 22.7 Å². The van der Waals surface area contributed by atoms with Gasteiger partial charge in [-0.15, -0.1) is 21.6 Å². The van der Waals surface area contributed by atoms with Crippen molar-refractivity contribution in [2.75, 3.05) is 0 Å². The van der Waals surface area contributed by atoms with Crippen molar-refractivity contribution in [2.24, 2.45) is 10.2 Å². The Hall–Kier alpha value is -3.40. The van der Waals surface area contributed by atoms with Crippen molar-refractivity contribution in [3.63, 3.8) is 0 Å². The van der Waals surface area contributed by atoms with E-state index in [4.69, 9.17) is 4.98 Å². The van der Waals surface area contributed by atoms with Gasteiger partial charge in [-0.3, -0.25) is 0 Å². The zero-order chi connectivity index (χ0) is 19.2. The number of aromatic nitrogens is 1. The molecule has 28 heavy (non-hydrogen) atoms. The summed E-state index contributed by atoms with van der Waals surface area (Å²) in [4.78, 5) is 5.74. The van der Waals surface area contributed by atoms with E-state index in [1.165, 1.54) is 11.3 Å². The highest BCUT2D eigenvalue weighted by atomic mass is 32.1. The average molecular weight is 399 g/mol. The molecule has 0 fully saturated rings. The standard InChI is InChI=1S/C22H14N4S2/c23-15-17(14-19-12-7-13-27-19)21-24-20(16-8-3-1-4-9-16)22(28-21)26-25-18-10-5-2-6-11-18/h1-14H/b17-14-,26-25?. The molecule has 6 heteroatoms. The van der Waals surface area contributed by atoms with Crippen molar-refractivity contribution in [1.29, 1.82) is 5.26 Å². The number of azo groups is 1. The van der Waals surface area contributed by atoms with Gasteiger partial charge >= 0.3 is 0 Å². The number of rotatable bonds is 5. The molecule has 0 saturated heterocycles. The fourth-order valence-electron chi connectivity index (χ4n) is 2.53. The molecule has 0 aliphatic carbocycles. The largest absolute Gasteiger partial charge is 0.233 e. The lowest BCUT2D eigenvalue weighted by Crippen LogP contribution is -1.82. The summed E-state index contributed by atoms with van der Waals surface area (Å²) in [5, 5.41) is 21.7. The van der Waals surface area contributed by atoms with Crippen molar-refractivity contribution < 1.29 is 0 Å². The minimum absolute atomic E-state index is 0.519. The number of thiazole rings is 1. The van der Waals surface area contributed by atoms with Crippen molar-refractivity contribution in [2.45, 2.75) is 0 Å². The van der Waals surface area contributed by atoms with E-state index in [0.29, 0.717) is 15.6 Å². The normalized spacial score (nSPS) is 11.6. The van der Waals surface area contributed by atoms with E-state index in [0.717, 1.165) is 21.8 Å². The molecule has 134 valence electrons. The number of nitriles is 1. The summed E-state index contributed by atoms with van der Waals surface area (Å²) in [6, 6.07) is 25.6. The Morgan fingerprint density at radius 3 is 2.36 bits per heavy atom. The second-order valence-electron chi connectivity index (χ2n) is 5.76. The first-order valence-electron chi connectivity index (χ1n) is 8.52. The smallest absolute Gasteiger partial charge is 0.167 e. The van der Waals surface area contributed by atoms with E-state index in [1.54, 1.807) is 11.3 Å². The van der Waals surface area contributed by atoms with E-state index >= 15 is 0 Å². The van der Waals surface area contributed by atoms with Crippen LogP contribution in [0.5, 0.6) is 0 Å². The maximum atomic E-state index is 9.66. The van der Waals surface area contributed by atoms with Crippen LogP contribution in [0.15, 0.2) is 88.4 Å². The lowest BCUT2D eigenvalue weighted by molar-refractivity contribution is 1.24. The Kier molecular flexibility index (Phi) is 5.48. The summed E-state index contributed by atoms with van der Waals surface area (Å²) in [5.41, 5.74) is 2.96. The van der Waals surface area contributed by atoms with Gasteiger partial charge in [0.25, 0.3) is 0 Å².